The molecule has 0 radical (unpaired) electrons. The molecule has 0 N–H and O–H groups in total. The second-order valence-electron chi connectivity index (χ2n) is 3.41. The highest BCUT2D eigenvalue weighted by Gasteiger charge is 2.10. The quantitative estimate of drug-likeness (QED) is 0.575. The predicted octanol–water partition coefficient (Wildman–Crippen LogP) is 2.82. The van der Waals surface area contributed by atoms with Crippen LogP contribution in [-0.2, 0) is 0 Å². The van der Waals surface area contributed by atoms with E-state index in [4.69, 9.17) is 0 Å². The first kappa shape index (κ1) is 8.51. The molecule has 0 saturated heterocycles. The molecule has 0 aromatic carbocycles. The van der Waals surface area contributed by atoms with Gasteiger partial charge < -0.3 is 0 Å². The molecule has 0 aliphatic carbocycles. The smallest absolute Gasteiger partial charge is 0.0534 e. The summed E-state index contributed by atoms with van der Waals surface area (Å²) in [5, 5.41) is 0. The number of rotatable bonds is 2. The molecule has 1 aliphatic rings. The van der Waals surface area contributed by atoms with Crippen molar-refractivity contribution in [3.8, 4) is 0 Å². The van der Waals surface area contributed by atoms with Crippen LogP contribution in [-0.4, -0.2) is 11.8 Å². The van der Waals surface area contributed by atoms with E-state index in [0.29, 0.717) is 12.0 Å². The lowest BCUT2D eigenvalue weighted by molar-refractivity contribution is 0.647. The molecule has 0 bridgehead atoms. The summed E-state index contributed by atoms with van der Waals surface area (Å²) in [6.07, 6.45) is 6.71. The summed E-state index contributed by atoms with van der Waals surface area (Å²) in [5.74, 6) is 0.584. The Morgan fingerprint density at radius 3 is 2.91 bits per heavy atom. The Morgan fingerprint density at radius 1 is 1.64 bits per heavy atom. The Kier molecular flexibility index (Phi) is 2.86. The summed E-state index contributed by atoms with van der Waals surface area (Å²) in [6.45, 7) is 6.59. The molecule has 0 amide bonds. The van der Waals surface area contributed by atoms with Crippen LogP contribution < -0.4 is 0 Å². The summed E-state index contributed by atoms with van der Waals surface area (Å²) in [6, 6.07) is 0.553. The molecule has 11 heavy (non-hydrogen) atoms. The van der Waals surface area contributed by atoms with Gasteiger partial charge in [0.1, 0.15) is 0 Å². The lowest BCUT2D eigenvalue weighted by atomic mass is 10.0. The number of aliphatic imine (C=N–C) groups is 1. The number of hydrogen-bond acceptors (Lipinski definition) is 1. The number of allylic oxidation sites excluding steroid dienone is 1. The van der Waals surface area contributed by atoms with Crippen LogP contribution in [0, 0.1) is 5.92 Å². The van der Waals surface area contributed by atoms with Crippen LogP contribution in [0.3, 0.4) is 0 Å². The van der Waals surface area contributed by atoms with E-state index >= 15 is 0 Å². The monoisotopic (exact) mass is 151 g/mol. The lowest BCUT2D eigenvalue weighted by Crippen LogP contribution is -2.14. The molecule has 0 spiro atoms. The van der Waals surface area contributed by atoms with E-state index in [1.807, 2.05) is 0 Å². The van der Waals surface area contributed by atoms with Crippen molar-refractivity contribution in [2.45, 2.75) is 39.7 Å². The van der Waals surface area contributed by atoms with Crippen LogP contribution in [0.2, 0.25) is 0 Å². The Balaban J connectivity index is 2.64. The highest BCUT2D eigenvalue weighted by molar-refractivity contribution is 5.97. The summed E-state index contributed by atoms with van der Waals surface area (Å²) < 4.78 is 0. The van der Waals surface area contributed by atoms with Crippen LogP contribution in [0.4, 0.5) is 0 Å². The normalized spacial score (nSPS) is 24.0. The van der Waals surface area contributed by atoms with Crippen LogP contribution in [0.25, 0.3) is 0 Å². The van der Waals surface area contributed by atoms with Gasteiger partial charge in [0.05, 0.1) is 6.04 Å². The van der Waals surface area contributed by atoms with Crippen LogP contribution >= 0.6 is 0 Å². The van der Waals surface area contributed by atoms with Gasteiger partial charge in [-0.1, -0.05) is 26.8 Å². The van der Waals surface area contributed by atoms with E-state index in [9.17, 15) is 0 Å². The Bertz CT molecular complexity index is 177. The third-order valence-electron chi connectivity index (χ3n) is 2.09. The molecule has 1 rings (SSSR count). The zero-order chi connectivity index (χ0) is 8.27. The Morgan fingerprint density at radius 2 is 2.36 bits per heavy atom. The van der Waals surface area contributed by atoms with Crippen molar-refractivity contribution in [1.29, 1.82) is 0 Å². The van der Waals surface area contributed by atoms with E-state index in [1.54, 1.807) is 0 Å². The van der Waals surface area contributed by atoms with E-state index in [2.05, 4.69) is 37.9 Å². The molecule has 1 aliphatic heterocycles. The number of hydrogen-bond donors (Lipinski definition) is 0. The third kappa shape index (κ3) is 2.18. The van der Waals surface area contributed by atoms with Crippen molar-refractivity contribution in [2.24, 2.45) is 10.9 Å². The second-order valence-corrected chi connectivity index (χ2v) is 3.41. The molecule has 1 atom stereocenters. The molecule has 1 nitrogen and oxygen atoms in total. The van der Waals surface area contributed by atoms with E-state index in [1.165, 1.54) is 12.1 Å². The van der Waals surface area contributed by atoms with Gasteiger partial charge in [0.2, 0.25) is 0 Å². The fourth-order valence-electron chi connectivity index (χ4n) is 1.25. The van der Waals surface area contributed by atoms with E-state index < -0.39 is 0 Å². The van der Waals surface area contributed by atoms with Gasteiger partial charge >= 0.3 is 0 Å². The minimum atomic E-state index is 0.553. The molecule has 1 heterocycles. The summed E-state index contributed by atoms with van der Waals surface area (Å²) >= 11 is 0. The van der Waals surface area contributed by atoms with Gasteiger partial charge in [-0.25, -0.2) is 0 Å². The average Bonchev–Trinajstić information content (AvgIpc) is 2.05. The zero-order valence-corrected chi connectivity index (χ0v) is 7.67. The van der Waals surface area contributed by atoms with Gasteiger partial charge in [-0.3, -0.25) is 4.99 Å². The maximum Gasteiger partial charge on any atom is 0.0534 e. The van der Waals surface area contributed by atoms with Crippen LogP contribution in [0.1, 0.15) is 33.6 Å². The van der Waals surface area contributed by atoms with Crippen molar-refractivity contribution in [3.63, 3.8) is 0 Å². The molecule has 0 fully saturated rings. The molecule has 1 heteroatoms. The van der Waals surface area contributed by atoms with Crippen LogP contribution in [0.5, 0.6) is 0 Å². The largest absolute Gasteiger partial charge is 0.286 e. The van der Waals surface area contributed by atoms with Gasteiger partial charge in [0, 0.05) is 5.71 Å². The van der Waals surface area contributed by atoms with Crippen molar-refractivity contribution in [3.05, 3.63) is 12.2 Å². The highest BCUT2D eigenvalue weighted by Crippen LogP contribution is 2.13. The Hall–Kier alpha value is -0.590. The number of nitrogens with zero attached hydrogens (tertiary/aromatic N) is 1. The average molecular weight is 151 g/mol. The second kappa shape index (κ2) is 3.70. The molecular weight excluding hydrogens is 134 g/mol. The summed E-state index contributed by atoms with van der Waals surface area (Å²) in [4.78, 5) is 4.63. The highest BCUT2D eigenvalue weighted by atomic mass is 14.8. The third-order valence-corrected chi connectivity index (χ3v) is 2.09. The fourth-order valence-corrected chi connectivity index (χ4v) is 1.25. The predicted molar refractivity (Wildman–Crippen MR) is 50.1 cm³/mol. The fraction of sp³-hybridized carbons (Fsp3) is 0.700. The first-order valence-corrected chi connectivity index (χ1v) is 4.48. The van der Waals surface area contributed by atoms with Gasteiger partial charge in [-0.2, -0.15) is 0 Å². The molecule has 62 valence electrons. The lowest BCUT2D eigenvalue weighted by Gasteiger charge is -2.16. The van der Waals surface area contributed by atoms with Gasteiger partial charge in [0.25, 0.3) is 0 Å². The topological polar surface area (TPSA) is 12.4 Å². The van der Waals surface area contributed by atoms with Crippen molar-refractivity contribution in [1.82, 2.24) is 0 Å². The Labute approximate surface area is 69.2 Å². The van der Waals surface area contributed by atoms with Crippen molar-refractivity contribution >= 4 is 5.71 Å². The summed E-state index contributed by atoms with van der Waals surface area (Å²) in [7, 11) is 0. The standard InChI is InChI=1S/C10H17N/c1-4-9-6-5-7-10(11-9)8(2)3/h5,7-9H,4,6H2,1-3H3/t9-/m0/s1. The molecule has 0 unspecified atom stereocenters. The van der Waals surface area contributed by atoms with Gasteiger partial charge in [-0.15, -0.1) is 0 Å². The first-order chi connectivity index (χ1) is 5.24. The van der Waals surface area contributed by atoms with Crippen LogP contribution in [0.15, 0.2) is 17.1 Å². The summed E-state index contributed by atoms with van der Waals surface area (Å²) in [5.41, 5.74) is 1.27. The molecule has 0 aromatic rings. The minimum absolute atomic E-state index is 0.553. The molecular formula is C10H17N. The van der Waals surface area contributed by atoms with Gasteiger partial charge in [0.15, 0.2) is 0 Å². The molecule has 0 saturated carbocycles. The van der Waals surface area contributed by atoms with Crippen molar-refractivity contribution < 1.29 is 0 Å². The van der Waals surface area contributed by atoms with Crippen molar-refractivity contribution in [2.75, 3.05) is 0 Å². The molecule has 0 aromatic heterocycles. The SMILES string of the molecule is CC[C@H]1CC=CC(C(C)C)=N1. The maximum atomic E-state index is 4.63. The first-order valence-electron chi connectivity index (χ1n) is 4.48. The minimum Gasteiger partial charge on any atom is -0.286 e. The van der Waals surface area contributed by atoms with Gasteiger partial charge in [-0.05, 0) is 24.8 Å². The number of dihydropyridines is 1. The zero-order valence-electron chi connectivity index (χ0n) is 7.67. The maximum absolute atomic E-state index is 4.63. The van der Waals surface area contributed by atoms with E-state index in [-0.39, 0.29) is 0 Å². The van der Waals surface area contributed by atoms with E-state index in [0.717, 1.165) is 6.42 Å².